The van der Waals surface area contributed by atoms with Crippen molar-refractivity contribution in [2.75, 3.05) is 7.11 Å². The van der Waals surface area contributed by atoms with E-state index in [0.29, 0.717) is 18.7 Å². The second-order valence-electron chi connectivity index (χ2n) is 5.39. The minimum atomic E-state index is -0.490. The number of amides is 1. The molecule has 0 saturated heterocycles. The quantitative estimate of drug-likeness (QED) is 0.851. The molecule has 1 N–H and O–H groups in total. The summed E-state index contributed by atoms with van der Waals surface area (Å²) in [6.45, 7) is 4.42. The minimum Gasteiger partial charge on any atom is -0.497 e. The van der Waals surface area contributed by atoms with E-state index in [1.807, 2.05) is 62.4 Å². The van der Waals surface area contributed by atoms with Gasteiger partial charge in [0.15, 0.2) is 6.10 Å². The van der Waals surface area contributed by atoms with Gasteiger partial charge in [-0.3, -0.25) is 4.79 Å². The van der Waals surface area contributed by atoms with Crippen LogP contribution in [-0.4, -0.2) is 19.1 Å². The molecule has 0 radical (unpaired) electrons. The first-order chi connectivity index (χ1) is 11.1. The largest absolute Gasteiger partial charge is 0.497 e. The van der Waals surface area contributed by atoms with E-state index in [1.165, 1.54) is 0 Å². The van der Waals surface area contributed by atoms with Crippen molar-refractivity contribution in [1.29, 1.82) is 0 Å². The zero-order valence-electron chi connectivity index (χ0n) is 13.8. The topological polar surface area (TPSA) is 47.6 Å². The number of methoxy groups -OCH3 is 1. The summed E-state index contributed by atoms with van der Waals surface area (Å²) in [6, 6.07) is 15.3. The molecule has 4 nitrogen and oxygen atoms in total. The van der Waals surface area contributed by atoms with Gasteiger partial charge in [0, 0.05) is 6.54 Å². The minimum absolute atomic E-state index is 0.108. The van der Waals surface area contributed by atoms with Gasteiger partial charge in [0.05, 0.1) is 7.11 Å². The normalized spacial score (nSPS) is 11.6. The summed E-state index contributed by atoms with van der Waals surface area (Å²) in [5.41, 5.74) is 2.18. The third-order valence-corrected chi connectivity index (χ3v) is 3.59. The highest BCUT2D eigenvalue weighted by Gasteiger charge is 2.17. The number of benzene rings is 2. The van der Waals surface area contributed by atoms with Crippen molar-refractivity contribution in [2.24, 2.45) is 0 Å². The van der Waals surface area contributed by atoms with E-state index in [9.17, 15) is 4.79 Å². The lowest BCUT2D eigenvalue weighted by atomic mass is 10.2. The van der Waals surface area contributed by atoms with Gasteiger partial charge >= 0.3 is 0 Å². The Hall–Kier alpha value is -2.49. The van der Waals surface area contributed by atoms with Crippen molar-refractivity contribution in [3.05, 3.63) is 59.7 Å². The highest BCUT2D eigenvalue weighted by atomic mass is 16.5. The second-order valence-corrected chi connectivity index (χ2v) is 5.39. The van der Waals surface area contributed by atoms with E-state index in [4.69, 9.17) is 9.47 Å². The zero-order valence-corrected chi connectivity index (χ0v) is 13.8. The number of rotatable bonds is 7. The molecule has 2 rings (SSSR count). The molecule has 1 atom stereocenters. The summed E-state index contributed by atoms with van der Waals surface area (Å²) in [4.78, 5) is 12.3. The molecule has 122 valence electrons. The second kappa shape index (κ2) is 8.22. The monoisotopic (exact) mass is 313 g/mol. The van der Waals surface area contributed by atoms with Crippen LogP contribution in [0.25, 0.3) is 0 Å². The lowest BCUT2D eigenvalue weighted by Gasteiger charge is -2.17. The molecule has 23 heavy (non-hydrogen) atoms. The van der Waals surface area contributed by atoms with E-state index in [2.05, 4.69) is 5.32 Å². The smallest absolute Gasteiger partial charge is 0.261 e. The first-order valence-corrected chi connectivity index (χ1v) is 7.76. The maximum atomic E-state index is 12.3. The van der Waals surface area contributed by atoms with Crippen molar-refractivity contribution >= 4 is 5.91 Å². The van der Waals surface area contributed by atoms with E-state index in [-0.39, 0.29) is 5.91 Å². The first-order valence-electron chi connectivity index (χ1n) is 7.76. The van der Waals surface area contributed by atoms with Crippen molar-refractivity contribution in [3.63, 3.8) is 0 Å². The van der Waals surface area contributed by atoms with Gasteiger partial charge in [-0.15, -0.1) is 0 Å². The van der Waals surface area contributed by atoms with Crippen molar-refractivity contribution in [1.82, 2.24) is 5.32 Å². The third kappa shape index (κ3) is 5.02. The number of nitrogens with one attached hydrogen (secondary N) is 1. The highest BCUT2D eigenvalue weighted by molar-refractivity contribution is 5.81. The summed E-state index contributed by atoms with van der Waals surface area (Å²) in [5.74, 6) is 1.40. The maximum absolute atomic E-state index is 12.3. The van der Waals surface area contributed by atoms with Crippen LogP contribution in [0, 0.1) is 6.92 Å². The van der Waals surface area contributed by atoms with Crippen molar-refractivity contribution in [3.8, 4) is 11.5 Å². The predicted octanol–water partition coefficient (Wildman–Crippen LogP) is 3.48. The highest BCUT2D eigenvalue weighted by Crippen LogP contribution is 2.15. The van der Waals surface area contributed by atoms with Gasteiger partial charge in [-0.25, -0.2) is 0 Å². The molecule has 0 aromatic heterocycles. The maximum Gasteiger partial charge on any atom is 0.261 e. The van der Waals surface area contributed by atoms with Crippen molar-refractivity contribution < 1.29 is 14.3 Å². The van der Waals surface area contributed by atoms with Crippen LogP contribution in [0.2, 0.25) is 0 Å². The molecule has 0 aliphatic carbocycles. The SMILES string of the molecule is CC[C@@H](Oc1ccc(C)cc1)C(=O)NCc1ccc(OC)cc1. The van der Waals surface area contributed by atoms with Crippen LogP contribution in [0.3, 0.4) is 0 Å². The molecule has 0 unspecified atom stereocenters. The molecular weight excluding hydrogens is 290 g/mol. The van der Waals surface area contributed by atoms with E-state index in [0.717, 1.165) is 16.9 Å². The number of hydrogen-bond acceptors (Lipinski definition) is 3. The molecule has 0 aliphatic rings. The fraction of sp³-hybridized carbons (Fsp3) is 0.316. The Labute approximate surface area is 137 Å². The van der Waals surface area contributed by atoms with E-state index in [1.54, 1.807) is 7.11 Å². The molecule has 2 aromatic carbocycles. The standard InChI is InChI=1S/C19H23NO3/c1-4-18(23-17-9-5-14(2)6-10-17)19(21)20-13-15-7-11-16(22-3)12-8-15/h5-12,18H,4,13H2,1-3H3,(H,20,21)/t18-/m1/s1. The number of carbonyl (C=O) groups excluding carboxylic acids is 1. The molecule has 0 spiro atoms. The number of aryl methyl sites for hydroxylation is 1. The van der Waals surface area contributed by atoms with Crippen LogP contribution < -0.4 is 14.8 Å². The van der Waals surface area contributed by atoms with Gasteiger partial charge < -0.3 is 14.8 Å². The molecule has 0 aliphatic heterocycles. The van der Waals surface area contributed by atoms with Crippen LogP contribution in [0.15, 0.2) is 48.5 Å². The number of ether oxygens (including phenoxy) is 2. The van der Waals surface area contributed by atoms with Gasteiger partial charge in [-0.1, -0.05) is 36.8 Å². The van der Waals surface area contributed by atoms with Gasteiger partial charge in [0.25, 0.3) is 5.91 Å². The number of carbonyl (C=O) groups is 1. The number of hydrogen-bond donors (Lipinski definition) is 1. The Kier molecular flexibility index (Phi) is 6.03. The van der Waals surface area contributed by atoms with E-state index >= 15 is 0 Å². The average molecular weight is 313 g/mol. The van der Waals surface area contributed by atoms with Gasteiger partial charge in [0.2, 0.25) is 0 Å². The molecule has 0 saturated carbocycles. The van der Waals surface area contributed by atoms with Crippen molar-refractivity contribution in [2.45, 2.75) is 32.9 Å². The van der Waals surface area contributed by atoms with Gasteiger partial charge in [-0.05, 0) is 43.2 Å². The summed E-state index contributed by atoms with van der Waals surface area (Å²) in [6.07, 6.45) is 0.124. The molecular formula is C19H23NO3. The first kappa shape index (κ1) is 16.9. The van der Waals surface area contributed by atoms with Gasteiger partial charge in [-0.2, -0.15) is 0 Å². The Morgan fingerprint density at radius 1 is 1.04 bits per heavy atom. The van der Waals surface area contributed by atoms with Crippen LogP contribution in [-0.2, 0) is 11.3 Å². The third-order valence-electron chi connectivity index (χ3n) is 3.59. The van der Waals surface area contributed by atoms with Crippen LogP contribution in [0.4, 0.5) is 0 Å². The molecule has 2 aromatic rings. The summed E-state index contributed by atoms with van der Waals surface area (Å²) < 4.78 is 10.9. The summed E-state index contributed by atoms with van der Waals surface area (Å²) in [7, 11) is 1.63. The average Bonchev–Trinajstić information content (AvgIpc) is 2.59. The van der Waals surface area contributed by atoms with Crippen LogP contribution in [0.1, 0.15) is 24.5 Å². The molecule has 4 heteroatoms. The van der Waals surface area contributed by atoms with E-state index < -0.39 is 6.10 Å². The predicted molar refractivity (Wildman–Crippen MR) is 90.7 cm³/mol. The fourth-order valence-corrected chi connectivity index (χ4v) is 2.15. The summed E-state index contributed by atoms with van der Waals surface area (Å²) >= 11 is 0. The van der Waals surface area contributed by atoms with Crippen LogP contribution >= 0.6 is 0 Å². The Morgan fingerprint density at radius 3 is 2.22 bits per heavy atom. The Balaban J connectivity index is 1.90. The molecule has 1 amide bonds. The molecule has 0 fully saturated rings. The zero-order chi connectivity index (χ0) is 16.7. The lowest BCUT2D eigenvalue weighted by Crippen LogP contribution is -2.37. The fourth-order valence-electron chi connectivity index (χ4n) is 2.15. The molecule has 0 heterocycles. The van der Waals surface area contributed by atoms with Gasteiger partial charge in [0.1, 0.15) is 11.5 Å². The Morgan fingerprint density at radius 2 is 1.65 bits per heavy atom. The lowest BCUT2D eigenvalue weighted by molar-refractivity contribution is -0.128. The molecule has 0 bridgehead atoms. The summed E-state index contributed by atoms with van der Waals surface area (Å²) in [5, 5.41) is 2.91. The van der Waals surface area contributed by atoms with Crippen LogP contribution in [0.5, 0.6) is 11.5 Å². The Bertz CT molecular complexity index is 620.